The summed E-state index contributed by atoms with van der Waals surface area (Å²) in [4.78, 5) is 12.4. The Kier molecular flexibility index (Phi) is 16.1. The third kappa shape index (κ3) is 12.5. The fourth-order valence-electron chi connectivity index (χ4n) is 2.79. The summed E-state index contributed by atoms with van der Waals surface area (Å²) in [5.41, 5.74) is 0. The van der Waals surface area contributed by atoms with Crippen LogP contribution in [0.2, 0.25) is 0 Å². The van der Waals surface area contributed by atoms with E-state index in [-0.39, 0.29) is 11.2 Å². The SMILES string of the molecule is CCC(C)SP(=O)(NC)N(C)C(=O)CCCCCCCCCCCCC#N. The molecular formula is C20H40N3O2PS. The van der Waals surface area contributed by atoms with Crippen LogP contribution < -0.4 is 5.09 Å². The minimum absolute atomic E-state index is 0.0270. The fraction of sp³-hybridized carbons (Fsp3) is 0.900. The van der Waals surface area contributed by atoms with E-state index in [4.69, 9.17) is 5.26 Å². The second kappa shape index (κ2) is 16.5. The molecule has 0 fully saturated rings. The molecule has 0 aliphatic heterocycles. The highest BCUT2D eigenvalue weighted by atomic mass is 32.7. The van der Waals surface area contributed by atoms with Crippen molar-refractivity contribution in [2.75, 3.05) is 14.1 Å². The number of rotatable bonds is 17. The van der Waals surface area contributed by atoms with E-state index >= 15 is 0 Å². The summed E-state index contributed by atoms with van der Waals surface area (Å²) in [7, 11) is 3.33. The quantitative estimate of drug-likeness (QED) is 0.216. The molecule has 0 rings (SSSR count). The van der Waals surface area contributed by atoms with E-state index in [0.29, 0.717) is 12.8 Å². The van der Waals surface area contributed by atoms with Crippen LogP contribution in [0.3, 0.4) is 0 Å². The highest BCUT2D eigenvalue weighted by molar-refractivity contribution is 8.57. The number of nitrogens with zero attached hydrogens (tertiary/aromatic N) is 2. The Morgan fingerprint density at radius 1 is 1.07 bits per heavy atom. The highest BCUT2D eigenvalue weighted by Gasteiger charge is 2.31. The predicted molar refractivity (Wildman–Crippen MR) is 118 cm³/mol. The molecule has 0 heterocycles. The van der Waals surface area contributed by atoms with Gasteiger partial charge in [-0.1, -0.05) is 76.6 Å². The molecule has 0 aromatic rings. The van der Waals surface area contributed by atoms with Gasteiger partial charge < -0.3 is 0 Å². The van der Waals surface area contributed by atoms with Crippen molar-refractivity contribution < 1.29 is 9.36 Å². The first-order valence-corrected chi connectivity index (χ1v) is 13.7. The van der Waals surface area contributed by atoms with Gasteiger partial charge in [-0.15, -0.1) is 0 Å². The van der Waals surface area contributed by atoms with Crippen LogP contribution in [0, 0.1) is 11.3 Å². The lowest BCUT2D eigenvalue weighted by atomic mass is 10.1. The maximum absolute atomic E-state index is 13.0. The molecule has 158 valence electrons. The number of carbonyl (C=O) groups is 1. The summed E-state index contributed by atoms with van der Waals surface area (Å²) in [5.74, 6) is -0.0270. The van der Waals surface area contributed by atoms with Crippen LogP contribution in [-0.4, -0.2) is 29.9 Å². The van der Waals surface area contributed by atoms with Crippen molar-refractivity contribution in [1.82, 2.24) is 9.76 Å². The molecule has 2 atom stereocenters. The minimum atomic E-state index is -2.87. The first kappa shape index (κ1) is 26.5. The van der Waals surface area contributed by atoms with Gasteiger partial charge in [0.15, 0.2) is 0 Å². The zero-order valence-electron chi connectivity index (χ0n) is 17.8. The second-order valence-corrected chi connectivity index (χ2v) is 12.4. The molecule has 0 aromatic carbocycles. The van der Waals surface area contributed by atoms with Gasteiger partial charge >= 0.3 is 0 Å². The molecule has 0 aliphatic carbocycles. The fourth-order valence-corrected chi connectivity index (χ4v) is 7.30. The normalized spacial score (nSPS) is 14.3. The molecule has 0 radical (unpaired) electrons. The first-order chi connectivity index (χ1) is 12.9. The molecule has 5 nitrogen and oxygen atoms in total. The number of nitrogens with one attached hydrogen (secondary N) is 1. The van der Waals surface area contributed by atoms with Crippen LogP contribution in [0.1, 0.15) is 97.3 Å². The third-order valence-electron chi connectivity index (χ3n) is 4.87. The molecule has 0 aromatic heterocycles. The van der Waals surface area contributed by atoms with Gasteiger partial charge in [-0.2, -0.15) is 5.26 Å². The zero-order chi connectivity index (χ0) is 20.5. The van der Waals surface area contributed by atoms with Crippen molar-refractivity contribution in [3.05, 3.63) is 0 Å². The van der Waals surface area contributed by atoms with Gasteiger partial charge in [0.25, 0.3) is 6.65 Å². The summed E-state index contributed by atoms with van der Waals surface area (Å²) in [6.07, 6.45) is 13.7. The van der Waals surface area contributed by atoms with E-state index in [1.807, 2.05) is 6.92 Å². The van der Waals surface area contributed by atoms with E-state index < -0.39 is 6.65 Å². The Bertz CT molecular complexity index is 482. The van der Waals surface area contributed by atoms with Crippen LogP contribution in [-0.2, 0) is 9.36 Å². The number of hydrogen-bond donors (Lipinski definition) is 1. The molecule has 0 bridgehead atoms. The van der Waals surface area contributed by atoms with Crippen LogP contribution in [0.25, 0.3) is 0 Å². The van der Waals surface area contributed by atoms with Crippen LogP contribution in [0.5, 0.6) is 0 Å². The van der Waals surface area contributed by atoms with Crippen molar-refractivity contribution in [3.8, 4) is 6.07 Å². The molecule has 1 N–H and O–H groups in total. The molecular weight excluding hydrogens is 377 g/mol. The summed E-state index contributed by atoms with van der Waals surface area (Å²) >= 11 is 1.38. The molecule has 0 saturated heterocycles. The largest absolute Gasteiger partial charge is 0.294 e. The Balaban J connectivity index is 3.81. The Morgan fingerprint density at radius 2 is 1.56 bits per heavy atom. The van der Waals surface area contributed by atoms with Crippen molar-refractivity contribution in [2.45, 2.75) is 103 Å². The lowest BCUT2D eigenvalue weighted by Crippen LogP contribution is -2.28. The minimum Gasteiger partial charge on any atom is -0.276 e. The highest BCUT2D eigenvalue weighted by Crippen LogP contribution is 2.59. The van der Waals surface area contributed by atoms with Gasteiger partial charge in [0.2, 0.25) is 5.91 Å². The molecule has 0 spiro atoms. The summed E-state index contributed by atoms with van der Waals surface area (Å²) in [6.45, 7) is 1.23. The lowest BCUT2D eigenvalue weighted by Gasteiger charge is -2.28. The zero-order valence-corrected chi connectivity index (χ0v) is 19.5. The van der Waals surface area contributed by atoms with Gasteiger partial charge in [-0.05, 0) is 26.3 Å². The van der Waals surface area contributed by atoms with Gasteiger partial charge in [-0.3, -0.25) is 14.0 Å². The standard InChI is InChI=1S/C20H40N3O2PS/c1-5-19(2)27-26(25,22-3)23(4)20(24)17-15-13-11-9-7-6-8-10-12-14-16-18-21/h19H,5-17H2,1-4H3,(H,22,25). The monoisotopic (exact) mass is 417 g/mol. The number of carbonyl (C=O) groups excluding carboxylic acids is 1. The van der Waals surface area contributed by atoms with E-state index in [0.717, 1.165) is 32.1 Å². The number of hydrogen-bond acceptors (Lipinski definition) is 4. The molecule has 1 amide bonds. The molecule has 7 heteroatoms. The Hall–Kier alpha value is -0.500. The maximum Gasteiger partial charge on any atom is 0.294 e. The van der Waals surface area contributed by atoms with Gasteiger partial charge in [-0.25, -0.2) is 5.09 Å². The Labute approximate surface area is 171 Å². The average molecular weight is 418 g/mol. The van der Waals surface area contributed by atoms with Crippen LogP contribution in [0.15, 0.2) is 0 Å². The average Bonchev–Trinajstić information content (AvgIpc) is 2.67. The number of nitriles is 1. The summed E-state index contributed by atoms with van der Waals surface area (Å²) < 4.78 is 14.4. The summed E-state index contributed by atoms with van der Waals surface area (Å²) in [6, 6.07) is 2.19. The Morgan fingerprint density at radius 3 is 2.00 bits per heavy atom. The van der Waals surface area contributed by atoms with E-state index in [2.05, 4.69) is 18.1 Å². The van der Waals surface area contributed by atoms with Crippen LogP contribution in [0.4, 0.5) is 0 Å². The predicted octanol–water partition coefficient (Wildman–Crippen LogP) is 6.51. The van der Waals surface area contributed by atoms with E-state index in [9.17, 15) is 9.36 Å². The topological polar surface area (TPSA) is 73.2 Å². The van der Waals surface area contributed by atoms with Crippen molar-refractivity contribution in [1.29, 1.82) is 5.26 Å². The third-order valence-corrected chi connectivity index (χ3v) is 10.6. The maximum atomic E-state index is 13.0. The van der Waals surface area contributed by atoms with E-state index in [1.165, 1.54) is 54.6 Å². The smallest absolute Gasteiger partial charge is 0.276 e. The molecule has 0 aliphatic rings. The van der Waals surface area contributed by atoms with Crippen molar-refractivity contribution in [3.63, 3.8) is 0 Å². The molecule has 27 heavy (non-hydrogen) atoms. The molecule has 2 unspecified atom stereocenters. The lowest BCUT2D eigenvalue weighted by molar-refractivity contribution is -0.125. The first-order valence-electron chi connectivity index (χ1n) is 10.5. The van der Waals surface area contributed by atoms with Gasteiger partial charge in [0, 0.05) is 25.1 Å². The van der Waals surface area contributed by atoms with Crippen molar-refractivity contribution >= 4 is 23.9 Å². The van der Waals surface area contributed by atoms with Crippen molar-refractivity contribution in [2.24, 2.45) is 0 Å². The number of unbranched alkanes of at least 4 members (excludes halogenated alkanes) is 10. The summed E-state index contributed by atoms with van der Waals surface area (Å²) in [5, 5.41) is 11.6. The second-order valence-electron chi connectivity index (χ2n) is 7.18. The van der Waals surface area contributed by atoms with Crippen LogP contribution >= 0.6 is 18.0 Å². The van der Waals surface area contributed by atoms with E-state index in [1.54, 1.807) is 14.1 Å². The van der Waals surface area contributed by atoms with Gasteiger partial charge in [0.05, 0.1) is 6.07 Å². The molecule has 0 saturated carbocycles. The van der Waals surface area contributed by atoms with Gasteiger partial charge in [0.1, 0.15) is 0 Å². The number of amides is 1.